The van der Waals surface area contributed by atoms with Crippen molar-refractivity contribution in [3.63, 3.8) is 0 Å². The number of nitrogens with two attached hydrogens (primary N) is 1. The van der Waals surface area contributed by atoms with Crippen LogP contribution in [0, 0.1) is 11.8 Å². The summed E-state index contributed by atoms with van der Waals surface area (Å²) in [6.07, 6.45) is 11.1. The molecule has 0 bridgehead atoms. The molecule has 1 heteroatoms. The largest absolute Gasteiger partial charge is 0.398 e. The average molecular weight is 317 g/mol. The third-order valence-corrected chi connectivity index (χ3v) is 7.17. The highest BCUT2D eigenvalue weighted by atomic mass is 14.6. The standard InChI is InChI=1S/C23H27N/c24-21-15-7-13-19-18-12-5-6-14-20(18)23(22(19)21,16-8-1-2-9-16)17-10-3-4-11-17/h5-7,12-17H,1-4,8-11,24H2. The fraction of sp³-hybridized carbons (Fsp3) is 0.478. The van der Waals surface area contributed by atoms with Gasteiger partial charge in [0.15, 0.2) is 0 Å². The van der Waals surface area contributed by atoms with Gasteiger partial charge in [-0.2, -0.15) is 0 Å². The molecule has 5 rings (SSSR count). The molecule has 2 N–H and O–H groups in total. The summed E-state index contributed by atoms with van der Waals surface area (Å²) in [6.45, 7) is 0. The zero-order valence-corrected chi connectivity index (χ0v) is 14.4. The monoisotopic (exact) mass is 317 g/mol. The lowest BCUT2D eigenvalue weighted by Crippen LogP contribution is -2.40. The van der Waals surface area contributed by atoms with Crippen molar-refractivity contribution in [2.45, 2.75) is 56.8 Å². The van der Waals surface area contributed by atoms with Crippen molar-refractivity contribution < 1.29 is 0 Å². The van der Waals surface area contributed by atoms with E-state index >= 15 is 0 Å². The van der Waals surface area contributed by atoms with Crippen LogP contribution >= 0.6 is 0 Å². The molecule has 1 nitrogen and oxygen atoms in total. The Balaban J connectivity index is 1.85. The highest BCUT2D eigenvalue weighted by molar-refractivity contribution is 5.86. The summed E-state index contributed by atoms with van der Waals surface area (Å²) in [5.41, 5.74) is 13.8. The van der Waals surface area contributed by atoms with E-state index in [2.05, 4.69) is 42.5 Å². The van der Waals surface area contributed by atoms with E-state index in [9.17, 15) is 0 Å². The first kappa shape index (κ1) is 14.6. The maximum absolute atomic E-state index is 6.66. The normalized spacial score (nSPS) is 22.7. The molecule has 0 heterocycles. The van der Waals surface area contributed by atoms with Crippen molar-refractivity contribution in [2.24, 2.45) is 11.8 Å². The summed E-state index contributed by atoms with van der Waals surface area (Å²) in [5.74, 6) is 1.54. The zero-order valence-electron chi connectivity index (χ0n) is 14.4. The molecule has 0 unspecified atom stereocenters. The Kier molecular flexibility index (Phi) is 3.26. The van der Waals surface area contributed by atoms with Gasteiger partial charge in [0.2, 0.25) is 0 Å². The summed E-state index contributed by atoms with van der Waals surface area (Å²) in [6, 6.07) is 15.8. The summed E-state index contributed by atoms with van der Waals surface area (Å²) >= 11 is 0. The van der Waals surface area contributed by atoms with Gasteiger partial charge in [-0.05, 0) is 65.8 Å². The fourth-order valence-corrected chi connectivity index (χ4v) is 6.41. The van der Waals surface area contributed by atoms with Gasteiger partial charge in [0.25, 0.3) is 0 Å². The van der Waals surface area contributed by atoms with Gasteiger partial charge in [-0.1, -0.05) is 62.1 Å². The van der Waals surface area contributed by atoms with E-state index in [0.717, 1.165) is 17.5 Å². The maximum Gasteiger partial charge on any atom is 0.0362 e. The first-order valence-electron chi connectivity index (χ1n) is 9.82. The van der Waals surface area contributed by atoms with Gasteiger partial charge < -0.3 is 5.73 Å². The number of benzene rings is 2. The van der Waals surface area contributed by atoms with Crippen molar-refractivity contribution in [3.8, 4) is 11.1 Å². The minimum absolute atomic E-state index is 0.185. The number of anilines is 1. The van der Waals surface area contributed by atoms with Crippen LogP contribution in [0.2, 0.25) is 0 Å². The third-order valence-electron chi connectivity index (χ3n) is 7.17. The van der Waals surface area contributed by atoms with Crippen molar-refractivity contribution in [2.75, 3.05) is 5.73 Å². The minimum Gasteiger partial charge on any atom is -0.398 e. The fourth-order valence-electron chi connectivity index (χ4n) is 6.41. The molecule has 124 valence electrons. The van der Waals surface area contributed by atoms with Gasteiger partial charge in [-0.25, -0.2) is 0 Å². The van der Waals surface area contributed by atoms with E-state index in [-0.39, 0.29) is 5.41 Å². The van der Waals surface area contributed by atoms with Crippen LogP contribution in [0.4, 0.5) is 5.69 Å². The third kappa shape index (κ3) is 1.76. The summed E-state index contributed by atoms with van der Waals surface area (Å²) in [4.78, 5) is 0. The molecule has 3 aliphatic carbocycles. The molecule has 0 aromatic heterocycles. The van der Waals surface area contributed by atoms with Gasteiger partial charge in [-0.15, -0.1) is 0 Å². The van der Waals surface area contributed by atoms with Gasteiger partial charge in [-0.3, -0.25) is 0 Å². The van der Waals surface area contributed by atoms with Gasteiger partial charge in [0.1, 0.15) is 0 Å². The molecule has 2 fully saturated rings. The Morgan fingerprint density at radius 3 is 1.96 bits per heavy atom. The molecule has 0 amide bonds. The number of hydrogen-bond acceptors (Lipinski definition) is 1. The molecule has 2 aromatic carbocycles. The average Bonchev–Trinajstić information content (AvgIpc) is 3.35. The van der Waals surface area contributed by atoms with E-state index in [4.69, 9.17) is 5.73 Å². The highest BCUT2D eigenvalue weighted by Gasteiger charge is 2.54. The van der Waals surface area contributed by atoms with Crippen molar-refractivity contribution in [1.29, 1.82) is 0 Å². The quantitative estimate of drug-likeness (QED) is 0.684. The molecule has 0 aliphatic heterocycles. The molecule has 0 atom stereocenters. The van der Waals surface area contributed by atoms with Crippen molar-refractivity contribution in [3.05, 3.63) is 53.6 Å². The highest BCUT2D eigenvalue weighted by Crippen LogP contribution is 2.63. The Hall–Kier alpha value is -1.76. The van der Waals surface area contributed by atoms with Crippen LogP contribution in [0.15, 0.2) is 42.5 Å². The second-order valence-corrected chi connectivity index (χ2v) is 8.15. The van der Waals surface area contributed by atoms with Crippen LogP contribution in [0.5, 0.6) is 0 Å². The maximum atomic E-state index is 6.66. The van der Waals surface area contributed by atoms with E-state index in [0.29, 0.717) is 0 Å². The predicted molar refractivity (Wildman–Crippen MR) is 101 cm³/mol. The van der Waals surface area contributed by atoms with Gasteiger partial charge in [0, 0.05) is 11.1 Å². The summed E-state index contributed by atoms with van der Waals surface area (Å²) < 4.78 is 0. The molecule has 0 saturated heterocycles. The van der Waals surface area contributed by atoms with Crippen LogP contribution in [0.25, 0.3) is 11.1 Å². The minimum atomic E-state index is 0.185. The predicted octanol–water partition coefficient (Wildman–Crippen LogP) is 5.92. The van der Waals surface area contributed by atoms with E-state index in [1.165, 1.54) is 68.1 Å². The molecule has 0 spiro atoms. The van der Waals surface area contributed by atoms with Crippen LogP contribution in [-0.2, 0) is 5.41 Å². The molecule has 0 radical (unpaired) electrons. The topological polar surface area (TPSA) is 26.0 Å². The first-order valence-corrected chi connectivity index (χ1v) is 9.82. The van der Waals surface area contributed by atoms with E-state index < -0.39 is 0 Å². The smallest absolute Gasteiger partial charge is 0.0362 e. The van der Waals surface area contributed by atoms with Crippen molar-refractivity contribution in [1.82, 2.24) is 0 Å². The molecule has 2 saturated carbocycles. The summed E-state index contributed by atoms with van der Waals surface area (Å²) in [7, 11) is 0. The summed E-state index contributed by atoms with van der Waals surface area (Å²) in [5, 5.41) is 0. The molecule has 2 aromatic rings. The zero-order chi connectivity index (χ0) is 16.1. The number of hydrogen-bond donors (Lipinski definition) is 1. The molecular formula is C23H27N. The molecule has 24 heavy (non-hydrogen) atoms. The van der Waals surface area contributed by atoms with Crippen LogP contribution in [0.3, 0.4) is 0 Å². The second-order valence-electron chi connectivity index (χ2n) is 8.15. The lowest BCUT2D eigenvalue weighted by Gasteiger charge is -2.44. The van der Waals surface area contributed by atoms with Crippen LogP contribution < -0.4 is 5.73 Å². The molecular weight excluding hydrogens is 290 g/mol. The second kappa shape index (κ2) is 5.37. The van der Waals surface area contributed by atoms with E-state index in [1.807, 2.05) is 0 Å². The van der Waals surface area contributed by atoms with Crippen molar-refractivity contribution >= 4 is 5.69 Å². The number of rotatable bonds is 2. The Morgan fingerprint density at radius 1 is 0.708 bits per heavy atom. The lowest BCUT2D eigenvalue weighted by molar-refractivity contribution is 0.223. The van der Waals surface area contributed by atoms with Crippen LogP contribution in [0.1, 0.15) is 62.5 Å². The lowest BCUT2D eigenvalue weighted by atomic mass is 9.59. The van der Waals surface area contributed by atoms with Crippen LogP contribution in [-0.4, -0.2) is 0 Å². The Labute approximate surface area is 145 Å². The SMILES string of the molecule is Nc1cccc2c1C(C1CCCC1)(C1CCCC1)c1ccccc1-2. The first-order chi connectivity index (χ1) is 11.8. The van der Waals surface area contributed by atoms with Gasteiger partial charge >= 0.3 is 0 Å². The van der Waals surface area contributed by atoms with E-state index in [1.54, 1.807) is 5.56 Å². The van der Waals surface area contributed by atoms with Gasteiger partial charge in [0.05, 0.1) is 0 Å². The number of nitrogen functional groups attached to an aromatic ring is 1. The Morgan fingerprint density at radius 2 is 1.29 bits per heavy atom. The number of fused-ring (bicyclic) bond motifs is 3. The molecule has 3 aliphatic rings. The Bertz CT molecular complexity index is 747.